The van der Waals surface area contributed by atoms with Gasteiger partial charge >= 0.3 is 0 Å². The van der Waals surface area contributed by atoms with E-state index < -0.39 is 6.10 Å². The maximum Gasteiger partial charge on any atom is 0.115 e. The van der Waals surface area contributed by atoms with Crippen molar-refractivity contribution in [3.8, 4) is 11.8 Å². The minimum absolute atomic E-state index is 0.120. The second-order valence-corrected chi connectivity index (χ2v) is 10.4. The molecule has 1 unspecified atom stereocenters. The standard InChI is InChI=1S/C22H33O2Si/c1-19-6-8-20(9-7-19)10-11-22(23)18-21-12-16-25(17-13-21)15-5-3-4-14-24-2/h6-9,21-23H,3-5,12-18H2,1-2H3. The van der Waals surface area contributed by atoms with Gasteiger partial charge in [-0.05, 0) is 37.8 Å². The first-order valence-corrected chi connectivity index (χ1v) is 11.9. The number of ether oxygens (including phenoxy) is 1. The van der Waals surface area contributed by atoms with Crippen LogP contribution in [0.25, 0.3) is 0 Å². The maximum absolute atomic E-state index is 10.2. The summed E-state index contributed by atoms with van der Waals surface area (Å²) in [7, 11) is 1.67. The van der Waals surface area contributed by atoms with Crippen molar-refractivity contribution >= 4 is 8.80 Å². The van der Waals surface area contributed by atoms with E-state index in [1.165, 1.54) is 55.8 Å². The molecule has 1 atom stereocenters. The zero-order valence-corrected chi connectivity index (χ0v) is 16.9. The Morgan fingerprint density at radius 3 is 2.56 bits per heavy atom. The average molecular weight is 358 g/mol. The summed E-state index contributed by atoms with van der Waals surface area (Å²) in [4.78, 5) is 0. The third-order valence-corrected chi connectivity index (χ3v) is 8.23. The zero-order chi connectivity index (χ0) is 17.9. The molecule has 1 radical (unpaired) electrons. The topological polar surface area (TPSA) is 29.5 Å². The summed E-state index contributed by atoms with van der Waals surface area (Å²) < 4.78 is 5.11. The van der Waals surface area contributed by atoms with Crippen LogP contribution in [0.5, 0.6) is 0 Å². The van der Waals surface area contributed by atoms with Gasteiger partial charge in [0, 0.05) is 28.1 Å². The molecular weight excluding hydrogens is 324 g/mol. The van der Waals surface area contributed by atoms with E-state index in [-0.39, 0.29) is 8.80 Å². The molecule has 1 heterocycles. The SMILES string of the molecule is COCCCCC[Si]1CCC(CC(O)C#Cc2ccc(C)cc2)CC1. The van der Waals surface area contributed by atoms with Gasteiger partial charge in [0.2, 0.25) is 0 Å². The molecule has 137 valence electrons. The summed E-state index contributed by atoms with van der Waals surface area (Å²) in [6.07, 6.45) is 6.88. The number of benzene rings is 1. The van der Waals surface area contributed by atoms with Crippen LogP contribution < -0.4 is 0 Å². The van der Waals surface area contributed by atoms with Gasteiger partial charge in [-0.2, -0.15) is 0 Å². The van der Waals surface area contributed by atoms with Crippen LogP contribution >= 0.6 is 0 Å². The van der Waals surface area contributed by atoms with Gasteiger partial charge in [0.25, 0.3) is 0 Å². The minimum atomic E-state index is -0.478. The molecule has 1 aliphatic rings. The summed E-state index contributed by atoms with van der Waals surface area (Å²) >= 11 is 0. The second-order valence-electron chi connectivity index (χ2n) is 7.38. The fourth-order valence-corrected chi connectivity index (χ4v) is 6.68. The summed E-state index contributed by atoms with van der Waals surface area (Å²) in [5.41, 5.74) is 2.23. The molecule has 3 heteroatoms. The van der Waals surface area contributed by atoms with Crippen molar-refractivity contribution in [3.05, 3.63) is 35.4 Å². The average Bonchev–Trinajstić information content (AvgIpc) is 2.62. The van der Waals surface area contributed by atoms with Crippen molar-refractivity contribution in [2.45, 2.75) is 69.7 Å². The van der Waals surface area contributed by atoms with E-state index in [9.17, 15) is 5.11 Å². The Hall–Kier alpha value is -1.08. The Bertz CT molecular complexity index is 535. The van der Waals surface area contributed by atoms with E-state index in [0.717, 1.165) is 18.6 Å². The number of hydrogen-bond donors (Lipinski definition) is 1. The summed E-state index contributed by atoms with van der Waals surface area (Å²) in [6, 6.07) is 12.5. The molecule has 2 rings (SSSR count). The van der Waals surface area contributed by atoms with Crippen molar-refractivity contribution < 1.29 is 9.84 Å². The Kier molecular flexibility index (Phi) is 9.32. The quantitative estimate of drug-likeness (QED) is 0.411. The fraction of sp³-hybridized carbons (Fsp3) is 0.636. The van der Waals surface area contributed by atoms with Crippen LogP contribution in [0.4, 0.5) is 0 Å². The molecule has 0 amide bonds. The van der Waals surface area contributed by atoms with Crippen molar-refractivity contribution in [1.29, 1.82) is 0 Å². The van der Waals surface area contributed by atoms with Gasteiger partial charge in [-0.25, -0.2) is 0 Å². The molecule has 25 heavy (non-hydrogen) atoms. The highest BCUT2D eigenvalue weighted by molar-refractivity contribution is 6.58. The maximum atomic E-state index is 10.2. The van der Waals surface area contributed by atoms with Crippen LogP contribution in [-0.4, -0.2) is 33.7 Å². The Labute approximate surface area is 155 Å². The van der Waals surface area contributed by atoms with Gasteiger partial charge in [-0.15, -0.1) is 0 Å². The lowest BCUT2D eigenvalue weighted by molar-refractivity contribution is 0.190. The van der Waals surface area contributed by atoms with Crippen LogP contribution in [0.2, 0.25) is 18.1 Å². The number of aliphatic hydroxyl groups is 1. The first-order chi connectivity index (χ1) is 12.2. The normalized spacial score (nSPS) is 17.1. The fourth-order valence-electron chi connectivity index (χ4n) is 3.55. The van der Waals surface area contributed by atoms with E-state index in [2.05, 4.69) is 30.9 Å². The number of aliphatic hydroxyl groups excluding tert-OH is 1. The van der Waals surface area contributed by atoms with Crippen molar-refractivity contribution in [2.24, 2.45) is 5.92 Å². The Balaban J connectivity index is 1.63. The molecule has 1 N–H and O–H groups in total. The number of hydrogen-bond acceptors (Lipinski definition) is 2. The van der Waals surface area contributed by atoms with Gasteiger partial charge in [0.1, 0.15) is 6.10 Å². The van der Waals surface area contributed by atoms with Crippen LogP contribution in [0.15, 0.2) is 24.3 Å². The van der Waals surface area contributed by atoms with E-state index in [1.54, 1.807) is 7.11 Å². The van der Waals surface area contributed by atoms with Crippen LogP contribution in [0.3, 0.4) is 0 Å². The third kappa shape index (κ3) is 8.22. The lowest BCUT2D eigenvalue weighted by Crippen LogP contribution is -2.23. The lowest BCUT2D eigenvalue weighted by atomic mass is 9.95. The number of aryl methyl sites for hydroxylation is 1. The number of rotatable bonds is 8. The van der Waals surface area contributed by atoms with Crippen molar-refractivity contribution in [2.75, 3.05) is 13.7 Å². The molecule has 0 saturated carbocycles. The third-order valence-electron chi connectivity index (χ3n) is 5.18. The molecule has 0 bridgehead atoms. The summed E-state index contributed by atoms with van der Waals surface area (Å²) in [5, 5.41) is 10.2. The monoisotopic (exact) mass is 357 g/mol. The molecule has 0 aliphatic carbocycles. The van der Waals surface area contributed by atoms with Gasteiger partial charge in [0.15, 0.2) is 0 Å². The lowest BCUT2D eigenvalue weighted by Gasteiger charge is -2.28. The highest BCUT2D eigenvalue weighted by atomic mass is 28.3. The highest BCUT2D eigenvalue weighted by Gasteiger charge is 2.23. The molecule has 1 aromatic carbocycles. The minimum Gasteiger partial charge on any atom is -0.385 e. The Morgan fingerprint density at radius 1 is 1.16 bits per heavy atom. The van der Waals surface area contributed by atoms with Gasteiger partial charge in [0.05, 0.1) is 0 Å². The number of unbranched alkanes of at least 4 members (excludes halogenated alkanes) is 2. The number of methoxy groups -OCH3 is 1. The first kappa shape index (κ1) is 20.2. The summed E-state index contributed by atoms with van der Waals surface area (Å²) in [6.45, 7) is 2.98. The molecule has 1 fully saturated rings. The van der Waals surface area contributed by atoms with E-state index >= 15 is 0 Å². The summed E-state index contributed by atoms with van der Waals surface area (Å²) in [5.74, 6) is 6.81. The van der Waals surface area contributed by atoms with Crippen molar-refractivity contribution in [1.82, 2.24) is 0 Å². The largest absolute Gasteiger partial charge is 0.385 e. The van der Waals surface area contributed by atoms with Crippen LogP contribution in [0, 0.1) is 24.7 Å². The van der Waals surface area contributed by atoms with E-state index in [1.807, 2.05) is 12.1 Å². The molecule has 1 aromatic rings. The van der Waals surface area contributed by atoms with Crippen LogP contribution in [-0.2, 0) is 4.74 Å². The van der Waals surface area contributed by atoms with Gasteiger partial charge in [-0.3, -0.25) is 0 Å². The van der Waals surface area contributed by atoms with Crippen molar-refractivity contribution in [3.63, 3.8) is 0 Å². The smallest absolute Gasteiger partial charge is 0.115 e. The van der Waals surface area contributed by atoms with Crippen LogP contribution in [0.1, 0.15) is 49.7 Å². The Morgan fingerprint density at radius 2 is 1.88 bits per heavy atom. The van der Waals surface area contributed by atoms with E-state index in [4.69, 9.17) is 4.74 Å². The molecule has 1 saturated heterocycles. The zero-order valence-electron chi connectivity index (χ0n) is 15.9. The molecule has 2 nitrogen and oxygen atoms in total. The van der Waals surface area contributed by atoms with Gasteiger partial charge in [-0.1, -0.05) is 73.4 Å². The van der Waals surface area contributed by atoms with E-state index in [0.29, 0.717) is 5.92 Å². The highest BCUT2D eigenvalue weighted by Crippen LogP contribution is 2.31. The van der Waals surface area contributed by atoms with Gasteiger partial charge < -0.3 is 9.84 Å². The second kappa shape index (κ2) is 11.5. The molecule has 1 aliphatic heterocycles. The predicted molar refractivity (Wildman–Crippen MR) is 107 cm³/mol. The molecule has 0 spiro atoms. The predicted octanol–water partition coefficient (Wildman–Crippen LogP) is 4.82. The molecular formula is C22H33O2Si. The molecule has 0 aromatic heterocycles. The first-order valence-electron chi connectivity index (χ1n) is 9.76.